The van der Waals surface area contributed by atoms with Crippen LogP contribution in [0.4, 0.5) is 4.39 Å². The zero-order valence-corrected chi connectivity index (χ0v) is 16.8. The summed E-state index contributed by atoms with van der Waals surface area (Å²) in [4.78, 5) is 12.8. The van der Waals surface area contributed by atoms with E-state index in [1.165, 1.54) is 12.1 Å². The molecule has 1 aliphatic rings. The smallest absolute Gasteiger partial charge is 0.135 e. The third-order valence-corrected chi connectivity index (χ3v) is 6.12. The van der Waals surface area contributed by atoms with Crippen LogP contribution >= 0.6 is 0 Å². The van der Waals surface area contributed by atoms with E-state index in [-0.39, 0.29) is 5.82 Å². The molecule has 0 unspecified atom stereocenters. The fourth-order valence-electron chi connectivity index (χ4n) is 4.51. The van der Waals surface area contributed by atoms with Crippen LogP contribution in [0.1, 0.15) is 24.5 Å². The van der Waals surface area contributed by atoms with E-state index >= 15 is 0 Å². The third kappa shape index (κ3) is 3.18. The molecule has 0 amide bonds. The molecule has 1 saturated heterocycles. The van der Waals surface area contributed by atoms with Gasteiger partial charge in [-0.2, -0.15) is 5.10 Å². The van der Waals surface area contributed by atoms with Crippen LogP contribution in [0, 0.1) is 5.82 Å². The monoisotopic (exact) mass is 412 g/mol. The van der Waals surface area contributed by atoms with Gasteiger partial charge < -0.3 is 10.3 Å². The van der Waals surface area contributed by atoms with Gasteiger partial charge in [-0.15, -0.1) is 0 Å². The summed E-state index contributed by atoms with van der Waals surface area (Å²) in [6.45, 7) is 2.06. The van der Waals surface area contributed by atoms with Crippen LogP contribution in [0.15, 0.2) is 54.9 Å². The number of hydrogen-bond acceptors (Lipinski definition) is 4. The Bertz CT molecular complexity index is 1400. The molecule has 0 spiro atoms. The fourth-order valence-corrected chi connectivity index (χ4v) is 4.51. The van der Waals surface area contributed by atoms with E-state index in [1.807, 2.05) is 12.1 Å². The molecule has 6 rings (SSSR count). The van der Waals surface area contributed by atoms with E-state index in [2.05, 4.69) is 37.6 Å². The highest BCUT2D eigenvalue weighted by molar-refractivity contribution is 5.99. The molecular formula is C24H21FN6. The molecule has 7 heteroatoms. The zero-order chi connectivity index (χ0) is 20.8. The standard InChI is InChI=1S/C24H21FN6/c25-16-3-1-2-15(10-16)18-12-27-13-22-17(18)11-21(28-22)24-23-20(30-31-24)5-4-19(29-23)14-6-8-26-9-7-14/h1-5,10-14,26,28H,6-9H2,(H,30,31). The minimum Gasteiger partial charge on any atom is -0.352 e. The highest BCUT2D eigenvalue weighted by Gasteiger charge is 2.19. The van der Waals surface area contributed by atoms with E-state index in [4.69, 9.17) is 4.98 Å². The van der Waals surface area contributed by atoms with Crippen molar-refractivity contribution >= 4 is 21.9 Å². The largest absolute Gasteiger partial charge is 0.352 e. The maximum Gasteiger partial charge on any atom is 0.135 e. The van der Waals surface area contributed by atoms with Crippen LogP contribution in [0.2, 0.25) is 0 Å². The van der Waals surface area contributed by atoms with Crippen LogP contribution in [-0.4, -0.2) is 38.2 Å². The molecule has 0 bridgehead atoms. The Morgan fingerprint density at radius 3 is 2.74 bits per heavy atom. The molecule has 154 valence electrons. The van der Waals surface area contributed by atoms with Crippen molar-refractivity contribution in [1.29, 1.82) is 0 Å². The number of hydrogen-bond donors (Lipinski definition) is 3. The summed E-state index contributed by atoms with van der Waals surface area (Å²) in [6, 6.07) is 12.8. The molecule has 1 aliphatic heterocycles. The summed E-state index contributed by atoms with van der Waals surface area (Å²) in [5.74, 6) is 0.207. The number of piperidine rings is 1. The van der Waals surface area contributed by atoms with E-state index < -0.39 is 0 Å². The number of aromatic amines is 2. The molecular weight excluding hydrogens is 391 g/mol. The van der Waals surface area contributed by atoms with Crippen molar-refractivity contribution < 1.29 is 4.39 Å². The van der Waals surface area contributed by atoms with Gasteiger partial charge in [-0.25, -0.2) is 9.37 Å². The van der Waals surface area contributed by atoms with Gasteiger partial charge >= 0.3 is 0 Å². The Morgan fingerprint density at radius 1 is 0.968 bits per heavy atom. The van der Waals surface area contributed by atoms with Crippen molar-refractivity contribution in [3.05, 3.63) is 66.4 Å². The summed E-state index contributed by atoms with van der Waals surface area (Å²) in [5.41, 5.74) is 7.09. The summed E-state index contributed by atoms with van der Waals surface area (Å²) in [6.07, 6.45) is 5.75. The van der Waals surface area contributed by atoms with E-state index in [0.29, 0.717) is 5.92 Å². The van der Waals surface area contributed by atoms with Gasteiger partial charge in [-0.1, -0.05) is 12.1 Å². The summed E-state index contributed by atoms with van der Waals surface area (Å²) >= 11 is 0. The molecule has 6 nitrogen and oxygen atoms in total. The predicted octanol–water partition coefficient (Wildman–Crippen LogP) is 4.77. The number of H-pyrrole nitrogens is 2. The van der Waals surface area contributed by atoms with Crippen molar-refractivity contribution in [2.75, 3.05) is 13.1 Å². The number of nitrogens with one attached hydrogen (secondary N) is 3. The van der Waals surface area contributed by atoms with Gasteiger partial charge in [0.1, 0.15) is 17.0 Å². The third-order valence-electron chi connectivity index (χ3n) is 6.12. The molecule has 0 saturated carbocycles. The van der Waals surface area contributed by atoms with Crippen LogP contribution in [0.25, 0.3) is 44.5 Å². The lowest BCUT2D eigenvalue weighted by atomic mass is 9.94. The molecule has 31 heavy (non-hydrogen) atoms. The summed E-state index contributed by atoms with van der Waals surface area (Å²) in [5, 5.41) is 12.0. The molecule has 0 atom stereocenters. The number of aromatic nitrogens is 5. The topological polar surface area (TPSA) is 82.3 Å². The first kappa shape index (κ1) is 18.2. The van der Waals surface area contributed by atoms with Crippen molar-refractivity contribution in [2.45, 2.75) is 18.8 Å². The molecule has 5 heterocycles. The second kappa shape index (κ2) is 7.28. The van der Waals surface area contributed by atoms with Gasteiger partial charge in [-0.3, -0.25) is 10.1 Å². The number of pyridine rings is 2. The number of halogens is 1. The lowest BCUT2D eigenvalue weighted by Crippen LogP contribution is -2.27. The number of rotatable bonds is 3. The summed E-state index contributed by atoms with van der Waals surface area (Å²) in [7, 11) is 0. The summed E-state index contributed by atoms with van der Waals surface area (Å²) < 4.78 is 13.8. The fraction of sp³-hybridized carbons (Fsp3) is 0.208. The first-order valence-corrected chi connectivity index (χ1v) is 10.5. The van der Waals surface area contributed by atoms with Gasteiger partial charge in [0, 0.05) is 28.8 Å². The van der Waals surface area contributed by atoms with Crippen LogP contribution in [-0.2, 0) is 0 Å². The average Bonchev–Trinajstić information content (AvgIpc) is 3.43. The first-order valence-electron chi connectivity index (χ1n) is 10.5. The van der Waals surface area contributed by atoms with Crippen LogP contribution < -0.4 is 5.32 Å². The average molecular weight is 412 g/mol. The van der Waals surface area contributed by atoms with Crippen molar-refractivity contribution in [2.24, 2.45) is 0 Å². The Hall–Kier alpha value is -3.58. The number of nitrogens with zero attached hydrogens (tertiary/aromatic N) is 3. The van der Waals surface area contributed by atoms with Gasteiger partial charge in [0.25, 0.3) is 0 Å². The molecule has 4 aromatic heterocycles. The molecule has 5 aromatic rings. The Kier molecular flexibility index (Phi) is 4.28. The SMILES string of the molecule is Fc1cccc(-c2cncc3[nH]c(-c4n[nH]c5ccc(C6CCNCC6)nc45)cc23)c1. The normalized spacial score (nSPS) is 15.1. The minimum absolute atomic E-state index is 0.266. The minimum atomic E-state index is -0.266. The lowest BCUT2D eigenvalue weighted by Gasteiger charge is -2.22. The van der Waals surface area contributed by atoms with E-state index in [9.17, 15) is 4.39 Å². The Balaban J connectivity index is 1.47. The molecule has 1 fully saturated rings. The van der Waals surface area contributed by atoms with E-state index in [1.54, 1.807) is 18.5 Å². The van der Waals surface area contributed by atoms with Crippen molar-refractivity contribution in [3.8, 4) is 22.5 Å². The molecule has 1 aromatic carbocycles. The van der Waals surface area contributed by atoms with Gasteiger partial charge in [-0.05, 0) is 61.8 Å². The zero-order valence-electron chi connectivity index (χ0n) is 16.8. The second-order valence-electron chi connectivity index (χ2n) is 8.07. The predicted molar refractivity (Wildman–Crippen MR) is 119 cm³/mol. The van der Waals surface area contributed by atoms with Gasteiger partial charge in [0.05, 0.1) is 22.9 Å². The molecule has 0 aliphatic carbocycles. The first-order chi connectivity index (χ1) is 15.3. The number of benzene rings is 1. The van der Waals surface area contributed by atoms with Crippen LogP contribution in [0.5, 0.6) is 0 Å². The maximum atomic E-state index is 13.8. The van der Waals surface area contributed by atoms with Gasteiger partial charge in [0.2, 0.25) is 0 Å². The van der Waals surface area contributed by atoms with Crippen molar-refractivity contribution in [3.63, 3.8) is 0 Å². The van der Waals surface area contributed by atoms with Crippen LogP contribution in [0.3, 0.4) is 0 Å². The number of fused-ring (bicyclic) bond motifs is 2. The molecule has 3 N–H and O–H groups in total. The van der Waals surface area contributed by atoms with Crippen molar-refractivity contribution in [1.82, 2.24) is 30.5 Å². The molecule has 0 radical (unpaired) electrons. The van der Waals surface area contributed by atoms with Gasteiger partial charge in [0.15, 0.2) is 0 Å². The quantitative estimate of drug-likeness (QED) is 0.399. The Labute approximate surface area is 177 Å². The maximum absolute atomic E-state index is 13.8. The lowest BCUT2D eigenvalue weighted by molar-refractivity contribution is 0.454. The van der Waals surface area contributed by atoms with E-state index in [0.717, 1.165) is 76.1 Å². The Morgan fingerprint density at radius 2 is 1.87 bits per heavy atom. The highest BCUT2D eigenvalue weighted by atomic mass is 19.1. The highest BCUT2D eigenvalue weighted by Crippen LogP contribution is 2.34. The second-order valence-corrected chi connectivity index (χ2v) is 8.07.